The Morgan fingerprint density at radius 3 is 2.33 bits per heavy atom. The average molecular weight is 411 g/mol. The summed E-state index contributed by atoms with van der Waals surface area (Å²) < 4.78 is 32.1. The van der Waals surface area contributed by atoms with Crippen LogP contribution in [0.4, 0.5) is 0 Å². The average Bonchev–Trinajstić information content (AvgIpc) is 2.68. The van der Waals surface area contributed by atoms with Gasteiger partial charge in [0.1, 0.15) is 0 Å². The smallest absolute Gasteiger partial charge is 0.255 e. The predicted octanol–water partition coefficient (Wildman–Crippen LogP) is 1.63. The number of nitriles is 2. The van der Waals surface area contributed by atoms with Gasteiger partial charge in [-0.3, -0.25) is 4.79 Å². The minimum absolute atomic E-state index is 0.0295. The fourth-order valence-electron chi connectivity index (χ4n) is 2.62. The van der Waals surface area contributed by atoms with Crippen LogP contribution in [-0.2, 0) is 14.8 Å². The number of morpholine rings is 1. The zero-order chi connectivity index (χ0) is 19.9. The quantitative estimate of drug-likeness (QED) is 0.674. The zero-order valence-corrected chi connectivity index (χ0v) is 16.2. The van der Waals surface area contributed by atoms with Crippen molar-refractivity contribution in [1.82, 2.24) is 9.21 Å². The minimum atomic E-state index is -3.78. The van der Waals surface area contributed by atoms with Crippen LogP contribution in [0.2, 0.25) is 5.02 Å². The van der Waals surface area contributed by atoms with Crippen molar-refractivity contribution in [1.29, 1.82) is 10.5 Å². The van der Waals surface area contributed by atoms with Gasteiger partial charge in [0, 0.05) is 26.2 Å². The first-order chi connectivity index (χ1) is 12.9. The summed E-state index contributed by atoms with van der Waals surface area (Å²) in [5, 5.41) is 17.6. The molecule has 0 spiro atoms. The molecule has 0 N–H and O–H groups in total. The molecule has 2 rings (SSSR count). The second-order valence-corrected chi connectivity index (χ2v) is 8.11. The highest BCUT2D eigenvalue weighted by Gasteiger charge is 2.28. The first kappa shape index (κ1) is 21.1. The zero-order valence-electron chi connectivity index (χ0n) is 14.6. The molecule has 8 nitrogen and oxygen atoms in total. The van der Waals surface area contributed by atoms with Crippen molar-refractivity contribution in [3.8, 4) is 12.1 Å². The number of halogens is 1. The van der Waals surface area contributed by atoms with Crippen molar-refractivity contribution in [2.45, 2.75) is 17.7 Å². The Balaban J connectivity index is 2.33. The molecule has 0 unspecified atom stereocenters. The molecule has 0 atom stereocenters. The van der Waals surface area contributed by atoms with E-state index in [9.17, 15) is 13.2 Å². The molecule has 1 aromatic rings. The summed E-state index contributed by atoms with van der Waals surface area (Å²) in [6.07, 6.45) is 0.196. The van der Waals surface area contributed by atoms with Crippen LogP contribution in [-0.4, -0.2) is 62.9 Å². The van der Waals surface area contributed by atoms with Gasteiger partial charge in [-0.1, -0.05) is 11.6 Å². The summed E-state index contributed by atoms with van der Waals surface area (Å²) in [5.74, 6) is -0.510. The Hall–Kier alpha value is -2.17. The number of carbonyl (C=O) groups excluding carboxylic acids is 1. The molecule has 0 radical (unpaired) electrons. The Morgan fingerprint density at radius 1 is 1.19 bits per heavy atom. The van der Waals surface area contributed by atoms with Gasteiger partial charge >= 0.3 is 0 Å². The van der Waals surface area contributed by atoms with Gasteiger partial charge in [-0.15, -0.1) is 0 Å². The maximum Gasteiger partial charge on any atom is 0.255 e. The van der Waals surface area contributed by atoms with Crippen molar-refractivity contribution in [2.24, 2.45) is 0 Å². The first-order valence-corrected chi connectivity index (χ1v) is 10.1. The van der Waals surface area contributed by atoms with Crippen LogP contribution >= 0.6 is 11.6 Å². The SMILES string of the molecule is N#CCCN(CCC#N)C(=O)c1cc(S(=O)(=O)N2CCOCC2)ccc1Cl. The largest absolute Gasteiger partial charge is 0.379 e. The van der Waals surface area contributed by atoms with E-state index < -0.39 is 15.9 Å². The molecular weight excluding hydrogens is 392 g/mol. The Morgan fingerprint density at radius 2 is 1.78 bits per heavy atom. The van der Waals surface area contributed by atoms with Crippen molar-refractivity contribution in [2.75, 3.05) is 39.4 Å². The van der Waals surface area contributed by atoms with Crippen LogP contribution in [0, 0.1) is 22.7 Å². The van der Waals surface area contributed by atoms with Gasteiger partial charge in [0.2, 0.25) is 10.0 Å². The fraction of sp³-hybridized carbons (Fsp3) is 0.471. The number of rotatable bonds is 7. The van der Waals surface area contributed by atoms with Crippen LogP contribution in [0.5, 0.6) is 0 Å². The fourth-order valence-corrected chi connectivity index (χ4v) is 4.25. The molecular formula is C17H19ClN4O4S. The van der Waals surface area contributed by atoms with Gasteiger partial charge < -0.3 is 9.64 Å². The van der Waals surface area contributed by atoms with E-state index in [0.717, 1.165) is 0 Å². The van der Waals surface area contributed by atoms with E-state index in [1.807, 2.05) is 12.1 Å². The molecule has 1 aromatic carbocycles. The van der Waals surface area contributed by atoms with Gasteiger partial charge in [-0.25, -0.2) is 8.42 Å². The standard InChI is InChI=1S/C17H19ClN4O4S/c18-16-4-3-14(27(24,25)22-9-11-26-12-10-22)13-15(16)17(23)21(7-1-5-19)8-2-6-20/h3-4,13H,1-2,7-12H2. The number of hydrogen-bond acceptors (Lipinski definition) is 6. The van der Waals surface area contributed by atoms with Gasteiger partial charge in [0.25, 0.3) is 5.91 Å². The summed E-state index contributed by atoms with van der Waals surface area (Å²) in [6, 6.07) is 7.88. The van der Waals surface area contributed by atoms with E-state index in [-0.39, 0.29) is 54.5 Å². The molecule has 1 amide bonds. The molecule has 10 heteroatoms. The predicted molar refractivity (Wildman–Crippen MR) is 97.4 cm³/mol. The highest BCUT2D eigenvalue weighted by molar-refractivity contribution is 7.89. The van der Waals surface area contributed by atoms with E-state index in [0.29, 0.717) is 13.2 Å². The maximum atomic E-state index is 12.8. The minimum Gasteiger partial charge on any atom is -0.379 e. The molecule has 0 aliphatic carbocycles. The molecule has 0 saturated carbocycles. The van der Waals surface area contributed by atoms with Crippen molar-refractivity contribution in [3.05, 3.63) is 28.8 Å². The van der Waals surface area contributed by atoms with Crippen molar-refractivity contribution < 1.29 is 17.9 Å². The third-order valence-corrected chi connectivity index (χ3v) is 6.27. The lowest BCUT2D eigenvalue weighted by Gasteiger charge is -2.26. The number of nitrogens with zero attached hydrogens (tertiary/aromatic N) is 4. The number of hydrogen-bond donors (Lipinski definition) is 0. The molecule has 1 heterocycles. The topological polar surface area (TPSA) is 114 Å². The van der Waals surface area contributed by atoms with Gasteiger partial charge in [0.15, 0.2) is 0 Å². The molecule has 27 heavy (non-hydrogen) atoms. The molecule has 1 saturated heterocycles. The molecule has 1 fully saturated rings. The lowest BCUT2D eigenvalue weighted by Crippen LogP contribution is -2.40. The second-order valence-electron chi connectivity index (χ2n) is 5.77. The second kappa shape index (κ2) is 9.67. The Bertz CT molecular complexity index is 852. The Labute approximate surface area is 163 Å². The summed E-state index contributed by atoms with van der Waals surface area (Å²) in [5.41, 5.74) is 0.0295. The van der Waals surface area contributed by atoms with Crippen LogP contribution in [0.3, 0.4) is 0 Å². The molecule has 0 bridgehead atoms. The number of ether oxygens (including phenoxy) is 1. The van der Waals surface area contributed by atoms with Crippen LogP contribution in [0.1, 0.15) is 23.2 Å². The highest BCUT2D eigenvalue weighted by Crippen LogP contribution is 2.25. The maximum absolute atomic E-state index is 12.8. The normalized spacial score (nSPS) is 14.9. The van der Waals surface area contributed by atoms with Gasteiger partial charge in [0.05, 0.1) is 53.7 Å². The molecule has 1 aliphatic rings. The number of sulfonamides is 1. The first-order valence-electron chi connectivity index (χ1n) is 8.32. The highest BCUT2D eigenvalue weighted by atomic mass is 35.5. The van der Waals surface area contributed by atoms with Gasteiger partial charge in [-0.2, -0.15) is 14.8 Å². The summed E-state index contributed by atoms with van der Waals surface area (Å²) in [6.45, 7) is 1.38. The number of benzene rings is 1. The molecule has 144 valence electrons. The Kier molecular flexibility index (Phi) is 7.57. The van der Waals surface area contributed by atoms with Crippen LogP contribution < -0.4 is 0 Å². The lowest BCUT2D eigenvalue weighted by molar-refractivity contribution is 0.0729. The summed E-state index contributed by atoms with van der Waals surface area (Å²) >= 11 is 6.13. The van der Waals surface area contributed by atoms with E-state index in [2.05, 4.69) is 0 Å². The monoisotopic (exact) mass is 410 g/mol. The van der Waals surface area contributed by atoms with E-state index >= 15 is 0 Å². The van der Waals surface area contributed by atoms with E-state index in [1.165, 1.54) is 27.4 Å². The lowest BCUT2D eigenvalue weighted by atomic mass is 10.2. The third-order valence-electron chi connectivity index (χ3n) is 4.05. The van der Waals surface area contributed by atoms with Crippen LogP contribution in [0.25, 0.3) is 0 Å². The van der Waals surface area contributed by atoms with E-state index in [1.54, 1.807) is 0 Å². The number of carbonyl (C=O) groups is 1. The van der Waals surface area contributed by atoms with Crippen molar-refractivity contribution in [3.63, 3.8) is 0 Å². The van der Waals surface area contributed by atoms with Crippen LogP contribution in [0.15, 0.2) is 23.1 Å². The third kappa shape index (κ3) is 5.18. The molecule has 1 aliphatic heterocycles. The summed E-state index contributed by atoms with van der Waals surface area (Å²) in [7, 11) is -3.78. The van der Waals surface area contributed by atoms with Crippen molar-refractivity contribution >= 4 is 27.5 Å². The summed E-state index contributed by atoms with van der Waals surface area (Å²) in [4.78, 5) is 14.1. The van der Waals surface area contributed by atoms with Gasteiger partial charge in [-0.05, 0) is 18.2 Å². The molecule has 0 aromatic heterocycles. The number of amides is 1. The van der Waals surface area contributed by atoms with E-state index in [4.69, 9.17) is 26.9 Å².